The van der Waals surface area contributed by atoms with Crippen LogP contribution in [0.3, 0.4) is 0 Å². The quantitative estimate of drug-likeness (QED) is 0.850. The molecule has 0 bridgehead atoms. The van der Waals surface area contributed by atoms with Gasteiger partial charge in [0.15, 0.2) is 0 Å². The molecule has 1 aromatic rings. The van der Waals surface area contributed by atoms with Crippen LogP contribution < -0.4 is 5.32 Å². The number of alkyl halides is 3. The van der Waals surface area contributed by atoms with E-state index in [4.69, 9.17) is 11.6 Å². The van der Waals surface area contributed by atoms with Crippen molar-refractivity contribution in [2.75, 3.05) is 13.1 Å². The predicted molar refractivity (Wildman–Crippen MR) is 78.8 cm³/mol. The molecular weight excluding hydrogens is 333 g/mol. The van der Waals surface area contributed by atoms with E-state index in [1.54, 1.807) is 23.5 Å². The molecule has 2 rings (SSSR count). The van der Waals surface area contributed by atoms with Crippen molar-refractivity contribution in [1.29, 1.82) is 0 Å². The van der Waals surface area contributed by atoms with Crippen molar-refractivity contribution >= 4 is 23.4 Å². The maximum absolute atomic E-state index is 12.2. The fourth-order valence-electron chi connectivity index (χ4n) is 2.63. The number of hydrogen-bond acceptors (Lipinski definition) is 2. The van der Waals surface area contributed by atoms with Crippen molar-refractivity contribution in [1.82, 2.24) is 10.2 Å². The molecule has 1 aliphatic rings. The van der Waals surface area contributed by atoms with Gasteiger partial charge in [-0.2, -0.15) is 13.2 Å². The molecule has 2 amide bonds. The molecule has 1 aliphatic heterocycles. The van der Waals surface area contributed by atoms with E-state index in [9.17, 15) is 22.8 Å². The van der Waals surface area contributed by atoms with Crippen LogP contribution in [-0.4, -0.2) is 36.0 Å². The summed E-state index contributed by atoms with van der Waals surface area (Å²) in [6.45, 7) is -0.959. The van der Waals surface area contributed by atoms with Crippen molar-refractivity contribution in [3.8, 4) is 0 Å². The summed E-state index contributed by atoms with van der Waals surface area (Å²) < 4.78 is 36.2. The third-order valence-electron chi connectivity index (χ3n) is 3.60. The Morgan fingerprint density at radius 1 is 1.35 bits per heavy atom. The SMILES string of the molecule is O=C(CC(=O)N1CCC[C@@H]1c1cccc(Cl)c1)NCC(F)(F)F. The van der Waals surface area contributed by atoms with Gasteiger partial charge in [0.1, 0.15) is 13.0 Å². The second-order valence-electron chi connectivity index (χ2n) is 5.37. The van der Waals surface area contributed by atoms with Crippen molar-refractivity contribution < 1.29 is 22.8 Å². The van der Waals surface area contributed by atoms with Gasteiger partial charge in [-0.15, -0.1) is 0 Å². The molecule has 0 aromatic heterocycles. The number of halogens is 4. The van der Waals surface area contributed by atoms with Gasteiger partial charge in [0.2, 0.25) is 11.8 Å². The van der Waals surface area contributed by atoms with E-state index in [-0.39, 0.29) is 6.04 Å². The van der Waals surface area contributed by atoms with Crippen LogP contribution in [0.4, 0.5) is 13.2 Å². The van der Waals surface area contributed by atoms with Crippen molar-refractivity contribution in [3.63, 3.8) is 0 Å². The number of carbonyl (C=O) groups is 2. The highest BCUT2D eigenvalue weighted by atomic mass is 35.5. The molecule has 0 spiro atoms. The Morgan fingerprint density at radius 3 is 2.74 bits per heavy atom. The summed E-state index contributed by atoms with van der Waals surface area (Å²) in [7, 11) is 0. The van der Waals surface area contributed by atoms with Gasteiger partial charge >= 0.3 is 6.18 Å². The number of amides is 2. The molecule has 23 heavy (non-hydrogen) atoms. The third-order valence-corrected chi connectivity index (χ3v) is 3.84. The minimum Gasteiger partial charge on any atom is -0.347 e. The minimum absolute atomic E-state index is 0.198. The fraction of sp³-hybridized carbons (Fsp3) is 0.467. The summed E-state index contributed by atoms with van der Waals surface area (Å²) >= 11 is 5.94. The second kappa shape index (κ2) is 7.21. The van der Waals surface area contributed by atoms with E-state index < -0.39 is 31.0 Å². The standard InChI is InChI=1S/C15H16ClF3N2O2/c16-11-4-1-3-10(7-11)12-5-2-6-21(12)14(23)8-13(22)20-9-15(17,18)19/h1,3-4,7,12H,2,5-6,8-9H2,(H,20,22)/t12-/m1/s1. The van der Waals surface area contributed by atoms with Crippen LogP contribution in [0, 0.1) is 0 Å². The lowest BCUT2D eigenvalue weighted by Gasteiger charge is -2.25. The molecule has 1 N–H and O–H groups in total. The van der Waals surface area contributed by atoms with Crippen LogP contribution in [0.2, 0.25) is 5.02 Å². The molecule has 0 unspecified atom stereocenters. The summed E-state index contributed by atoms with van der Waals surface area (Å²) in [5.41, 5.74) is 0.860. The van der Waals surface area contributed by atoms with Gasteiger partial charge in [0.05, 0.1) is 6.04 Å². The molecule has 1 aromatic carbocycles. The molecular formula is C15H16ClF3N2O2. The summed E-state index contributed by atoms with van der Waals surface area (Å²) in [4.78, 5) is 25.2. The molecule has 8 heteroatoms. The normalized spacial score (nSPS) is 18.1. The smallest absolute Gasteiger partial charge is 0.347 e. The topological polar surface area (TPSA) is 49.4 Å². The predicted octanol–water partition coefficient (Wildman–Crippen LogP) is 3.07. The van der Waals surface area contributed by atoms with Gasteiger partial charge in [-0.1, -0.05) is 23.7 Å². The van der Waals surface area contributed by atoms with E-state index in [2.05, 4.69) is 0 Å². The lowest BCUT2D eigenvalue weighted by molar-refractivity contribution is -0.143. The van der Waals surface area contributed by atoms with Crippen LogP contribution in [0.1, 0.15) is 30.9 Å². The van der Waals surface area contributed by atoms with Gasteiger partial charge in [0, 0.05) is 11.6 Å². The monoisotopic (exact) mass is 348 g/mol. The zero-order valence-corrected chi connectivity index (χ0v) is 13.0. The molecule has 1 fully saturated rings. The lowest BCUT2D eigenvalue weighted by atomic mass is 10.0. The molecule has 0 aliphatic carbocycles. The van der Waals surface area contributed by atoms with E-state index in [1.807, 2.05) is 6.07 Å². The number of hydrogen-bond donors (Lipinski definition) is 1. The zero-order chi connectivity index (χ0) is 17.0. The number of rotatable bonds is 4. The highest BCUT2D eigenvalue weighted by molar-refractivity contribution is 6.30. The Hall–Kier alpha value is -1.76. The number of nitrogens with zero attached hydrogens (tertiary/aromatic N) is 1. The van der Waals surface area contributed by atoms with Crippen LogP contribution in [0.25, 0.3) is 0 Å². The average molecular weight is 349 g/mol. The van der Waals surface area contributed by atoms with Gasteiger partial charge < -0.3 is 10.2 Å². The maximum atomic E-state index is 12.2. The van der Waals surface area contributed by atoms with Gasteiger partial charge in [0.25, 0.3) is 0 Å². The lowest BCUT2D eigenvalue weighted by Crippen LogP contribution is -2.38. The largest absolute Gasteiger partial charge is 0.405 e. The molecule has 0 saturated carbocycles. The molecule has 1 heterocycles. The van der Waals surface area contributed by atoms with Gasteiger partial charge in [-0.05, 0) is 30.5 Å². The molecule has 1 saturated heterocycles. The first kappa shape index (κ1) is 17.6. The minimum atomic E-state index is -4.49. The first-order valence-corrected chi connectivity index (χ1v) is 7.52. The Kier molecular flexibility index (Phi) is 5.51. The molecule has 0 radical (unpaired) electrons. The number of likely N-dealkylation sites (tertiary alicyclic amines) is 1. The Balaban J connectivity index is 1.97. The molecule has 126 valence electrons. The Labute approximate surface area is 136 Å². The van der Waals surface area contributed by atoms with Crippen LogP contribution in [0.15, 0.2) is 24.3 Å². The number of nitrogens with one attached hydrogen (secondary N) is 1. The summed E-state index contributed by atoms with van der Waals surface area (Å²) in [5.74, 6) is -1.41. The maximum Gasteiger partial charge on any atom is 0.405 e. The van der Waals surface area contributed by atoms with Crippen molar-refractivity contribution in [2.24, 2.45) is 0 Å². The van der Waals surface area contributed by atoms with Crippen LogP contribution >= 0.6 is 11.6 Å². The number of benzene rings is 1. The highest BCUT2D eigenvalue weighted by Gasteiger charge is 2.32. The second-order valence-corrected chi connectivity index (χ2v) is 5.81. The van der Waals surface area contributed by atoms with E-state index >= 15 is 0 Å². The zero-order valence-electron chi connectivity index (χ0n) is 12.2. The van der Waals surface area contributed by atoms with Gasteiger partial charge in [-0.25, -0.2) is 0 Å². The van der Waals surface area contributed by atoms with E-state index in [0.717, 1.165) is 18.4 Å². The van der Waals surface area contributed by atoms with Gasteiger partial charge in [-0.3, -0.25) is 9.59 Å². The summed E-state index contributed by atoms with van der Waals surface area (Å²) in [5, 5.41) is 2.25. The van der Waals surface area contributed by atoms with Crippen molar-refractivity contribution in [3.05, 3.63) is 34.9 Å². The Bertz CT molecular complexity index is 592. The third kappa shape index (κ3) is 5.13. The Morgan fingerprint density at radius 2 is 2.09 bits per heavy atom. The first-order chi connectivity index (χ1) is 10.8. The fourth-order valence-corrected chi connectivity index (χ4v) is 2.82. The molecule has 1 atom stereocenters. The summed E-state index contributed by atoms with van der Waals surface area (Å²) in [6, 6.07) is 6.88. The van der Waals surface area contributed by atoms with Crippen LogP contribution in [-0.2, 0) is 9.59 Å². The highest BCUT2D eigenvalue weighted by Crippen LogP contribution is 2.33. The van der Waals surface area contributed by atoms with E-state index in [0.29, 0.717) is 11.6 Å². The number of carbonyl (C=O) groups excluding carboxylic acids is 2. The first-order valence-electron chi connectivity index (χ1n) is 7.14. The average Bonchev–Trinajstić information content (AvgIpc) is 2.94. The van der Waals surface area contributed by atoms with E-state index in [1.165, 1.54) is 4.90 Å². The summed E-state index contributed by atoms with van der Waals surface area (Å²) in [6.07, 6.45) is -3.58. The van der Waals surface area contributed by atoms with Crippen LogP contribution in [0.5, 0.6) is 0 Å². The molecule has 4 nitrogen and oxygen atoms in total. The van der Waals surface area contributed by atoms with Crippen molar-refractivity contribution in [2.45, 2.75) is 31.5 Å².